The van der Waals surface area contributed by atoms with Crippen molar-refractivity contribution in [3.63, 3.8) is 0 Å². The van der Waals surface area contributed by atoms with Crippen LogP contribution in [0.4, 0.5) is 10.1 Å². The first-order chi connectivity index (χ1) is 20.4. The molecule has 3 saturated carbocycles. The summed E-state index contributed by atoms with van der Waals surface area (Å²) in [6.07, 6.45) is 3.42. The Morgan fingerprint density at radius 3 is 2.74 bits per heavy atom. The lowest BCUT2D eigenvalue weighted by Crippen LogP contribution is -2.69. The number of anilines is 1. The van der Waals surface area contributed by atoms with Gasteiger partial charge in [0, 0.05) is 41.6 Å². The second-order valence-corrected chi connectivity index (χ2v) is 13.6. The van der Waals surface area contributed by atoms with Gasteiger partial charge >= 0.3 is 0 Å². The molecule has 9 atom stereocenters. The smallest absolute Gasteiger partial charge is 0.200 e. The van der Waals surface area contributed by atoms with Crippen molar-refractivity contribution in [1.29, 1.82) is 0 Å². The monoisotopic (exact) mass is 590 g/mol. The Balaban J connectivity index is 1.23. The topological polar surface area (TPSA) is 124 Å². The van der Waals surface area contributed by atoms with Crippen LogP contribution in [0.15, 0.2) is 60.2 Å². The molecule has 8 nitrogen and oxygen atoms in total. The third-order valence-corrected chi connectivity index (χ3v) is 11.8. The van der Waals surface area contributed by atoms with E-state index < -0.39 is 58.9 Å². The number of aliphatic hydroxyl groups excluding tert-OH is 2. The summed E-state index contributed by atoms with van der Waals surface area (Å²) >= 11 is 0. The zero-order chi connectivity index (χ0) is 30.5. The molecule has 0 bridgehead atoms. The Morgan fingerprint density at radius 2 is 2.00 bits per heavy atom. The minimum absolute atomic E-state index is 0.0402. The number of rotatable bonds is 5. The second kappa shape index (κ2) is 9.44. The third kappa shape index (κ3) is 3.62. The molecule has 1 aliphatic heterocycles. The summed E-state index contributed by atoms with van der Waals surface area (Å²) in [4.78, 5) is 25.9. The Morgan fingerprint density at radius 1 is 1.21 bits per heavy atom. The highest BCUT2D eigenvalue weighted by Crippen LogP contribution is 2.72. The molecule has 5 aliphatic rings. The molecular weight excluding hydrogens is 551 g/mol. The van der Waals surface area contributed by atoms with Crippen LogP contribution in [0.3, 0.4) is 0 Å². The largest absolute Gasteiger partial charge is 0.399 e. The van der Waals surface area contributed by atoms with Crippen molar-refractivity contribution in [1.82, 2.24) is 4.57 Å². The predicted molar refractivity (Wildman–Crippen MR) is 156 cm³/mol. The number of hydrogen-bond acceptors (Lipinski definition) is 7. The number of halogens is 1. The SMILES string of the molecule is Cn1c(Cc2cccc(N)c2)ccc1[C@@H]1O[C@@H]2C[C@H]3[C@@H]4CCC5=CC(=O)C=C[C@]5(C)[C@@]4(F)[C@@H](O)C[C@]3(C)[C@]2(C(=O)CO)O1. The molecule has 4 fully saturated rings. The highest BCUT2D eigenvalue weighted by atomic mass is 19.1. The summed E-state index contributed by atoms with van der Waals surface area (Å²) in [6, 6.07) is 11.6. The van der Waals surface area contributed by atoms with Gasteiger partial charge in [0.25, 0.3) is 0 Å². The number of carbonyl (C=O) groups is 2. The number of aromatic nitrogens is 1. The maximum atomic E-state index is 17.6. The van der Waals surface area contributed by atoms with E-state index >= 15 is 4.39 Å². The molecule has 4 aliphatic carbocycles. The summed E-state index contributed by atoms with van der Waals surface area (Å²) in [5.41, 5.74) is 4.44. The molecule has 0 radical (unpaired) electrons. The van der Waals surface area contributed by atoms with Crippen molar-refractivity contribution in [2.24, 2.45) is 29.7 Å². The van der Waals surface area contributed by atoms with Crippen LogP contribution < -0.4 is 5.73 Å². The quantitative estimate of drug-likeness (QED) is 0.452. The summed E-state index contributed by atoms with van der Waals surface area (Å²) in [5.74, 6) is -1.62. The van der Waals surface area contributed by atoms with Crippen LogP contribution in [0.25, 0.3) is 0 Å². The molecule has 9 heteroatoms. The van der Waals surface area contributed by atoms with Crippen LogP contribution in [0.2, 0.25) is 0 Å². The van der Waals surface area contributed by atoms with Crippen molar-refractivity contribution in [3.8, 4) is 0 Å². The molecule has 2 heterocycles. The van der Waals surface area contributed by atoms with Crippen LogP contribution in [0.1, 0.15) is 62.8 Å². The van der Waals surface area contributed by atoms with Crippen LogP contribution in [-0.2, 0) is 32.5 Å². The minimum atomic E-state index is -2.03. The summed E-state index contributed by atoms with van der Waals surface area (Å²) in [5, 5.41) is 21.9. The van der Waals surface area contributed by atoms with Crippen molar-refractivity contribution < 1.29 is 33.7 Å². The van der Waals surface area contributed by atoms with E-state index in [1.54, 1.807) is 13.0 Å². The Kier molecular flexibility index (Phi) is 6.29. The number of aliphatic hydroxyl groups is 2. The van der Waals surface area contributed by atoms with Gasteiger partial charge in [-0.2, -0.15) is 0 Å². The van der Waals surface area contributed by atoms with Crippen molar-refractivity contribution in [2.75, 3.05) is 12.3 Å². The number of nitrogens with zero attached hydrogens (tertiary/aromatic N) is 1. The lowest BCUT2D eigenvalue weighted by atomic mass is 9.44. The van der Waals surface area contributed by atoms with Gasteiger partial charge in [0.1, 0.15) is 6.61 Å². The number of carbonyl (C=O) groups excluding carboxylic acids is 2. The summed E-state index contributed by atoms with van der Waals surface area (Å²) < 4.78 is 32.8. The van der Waals surface area contributed by atoms with E-state index in [0.717, 1.165) is 17.0 Å². The molecule has 1 aromatic heterocycles. The van der Waals surface area contributed by atoms with E-state index in [-0.39, 0.29) is 18.1 Å². The fraction of sp³-hybridized carbons (Fsp3) is 0.529. The van der Waals surface area contributed by atoms with Crippen molar-refractivity contribution >= 4 is 17.3 Å². The summed E-state index contributed by atoms with van der Waals surface area (Å²) in [6.45, 7) is 2.91. The highest BCUT2D eigenvalue weighted by Gasteiger charge is 2.79. The zero-order valence-electron chi connectivity index (χ0n) is 24.8. The summed E-state index contributed by atoms with van der Waals surface area (Å²) in [7, 11) is 1.92. The number of Topliss-reactive ketones (excluding diaryl/α,β-unsaturated/α-hetero) is 1. The fourth-order valence-corrected chi connectivity index (χ4v) is 9.60. The first-order valence-corrected chi connectivity index (χ1v) is 15.2. The molecule has 7 rings (SSSR count). The number of nitrogens with two attached hydrogens (primary N) is 1. The minimum Gasteiger partial charge on any atom is -0.399 e. The normalized spacial score (nSPS) is 41.3. The van der Waals surface area contributed by atoms with E-state index in [2.05, 4.69) is 0 Å². The maximum absolute atomic E-state index is 17.6. The molecule has 1 saturated heterocycles. The van der Waals surface area contributed by atoms with Gasteiger partial charge in [0.05, 0.1) is 17.9 Å². The first kappa shape index (κ1) is 28.6. The lowest BCUT2D eigenvalue weighted by Gasteiger charge is -2.62. The molecular formula is C34H39FN2O6. The number of hydrogen-bond donors (Lipinski definition) is 3. The Labute approximate surface area is 250 Å². The zero-order valence-corrected chi connectivity index (χ0v) is 24.8. The van der Waals surface area contributed by atoms with Crippen LogP contribution >= 0.6 is 0 Å². The van der Waals surface area contributed by atoms with Gasteiger partial charge in [-0.3, -0.25) is 9.59 Å². The molecule has 1 aromatic carbocycles. The van der Waals surface area contributed by atoms with Gasteiger partial charge in [-0.25, -0.2) is 4.39 Å². The standard InChI is InChI=1S/C34H39FN2O6/c1-31-12-11-23(39)15-20(31)7-9-24-25-16-29-34(28(41)18-38,32(25,2)17-27(40)33(24,31)35)43-30(42-29)26-10-8-22(37(26)3)14-19-5-4-6-21(36)13-19/h4-6,8,10-13,15,24-25,27,29-30,38,40H,7,9,14,16-18,36H2,1-3H3/t24-,25-,27-,29+,30+,31-,32-,33-,34+/m0/s1. The van der Waals surface area contributed by atoms with Crippen molar-refractivity contribution in [2.45, 2.75) is 75.7 Å². The third-order valence-electron chi connectivity index (χ3n) is 11.8. The molecule has 4 N–H and O–H groups in total. The predicted octanol–water partition coefficient (Wildman–Crippen LogP) is 3.89. The van der Waals surface area contributed by atoms with Gasteiger partial charge in [0.15, 0.2) is 22.8 Å². The van der Waals surface area contributed by atoms with E-state index in [1.165, 1.54) is 12.2 Å². The van der Waals surface area contributed by atoms with Gasteiger partial charge in [0.2, 0.25) is 6.29 Å². The van der Waals surface area contributed by atoms with Crippen LogP contribution in [0.5, 0.6) is 0 Å². The molecule has 0 unspecified atom stereocenters. The number of nitrogen functional groups attached to an aromatic ring is 1. The number of allylic oxidation sites excluding steroid dienone is 4. The Hall–Kier alpha value is -3.11. The number of fused-ring (bicyclic) bond motifs is 7. The maximum Gasteiger partial charge on any atom is 0.200 e. The van der Waals surface area contributed by atoms with E-state index in [0.29, 0.717) is 36.9 Å². The fourth-order valence-electron chi connectivity index (χ4n) is 9.60. The van der Waals surface area contributed by atoms with Crippen LogP contribution in [0, 0.1) is 22.7 Å². The van der Waals surface area contributed by atoms with E-state index in [4.69, 9.17) is 15.2 Å². The van der Waals surface area contributed by atoms with Crippen LogP contribution in [-0.4, -0.2) is 56.4 Å². The van der Waals surface area contributed by atoms with E-state index in [9.17, 15) is 19.8 Å². The number of benzene rings is 1. The Bertz CT molecular complexity index is 1580. The molecule has 2 aromatic rings. The number of ether oxygens (including phenoxy) is 2. The second-order valence-electron chi connectivity index (χ2n) is 13.6. The molecule has 43 heavy (non-hydrogen) atoms. The van der Waals surface area contributed by atoms with E-state index in [1.807, 2.05) is 54.9 Å². The first-order valence-electron chi connectivity index (χ1n) is 15.2. The van der Waals surface area contributed by atoms with Gasteiger partial charge in [-0.05, 0) is 80.5 Å². The van der Waals surface area contributed by atoms with Gasteiger partial charge in [-0.15, -0.1) is 0 Å². The highest BCUT2D eigenvalue weighted by molar-refractivity contribution is 6.01. The number of ketones is 2. The molecule has 228 valence electrons. The molecule has 0 spiro atoms. The molecule has 0 amide bonds. The van der Waals surface area contributed by atoms with Gasteiger partial charge in [-0.1, -0.05) is 30.7 Å². The van der Waals surface area contributed by atoms with Crippen molar-refractivity contribution in [3.05, 3.63) is 77.2 Å². The number of alkyl halides is 1. The average Bonchev–Trinajstić information content (AvgIpc) is 3.59. The lowest BCUT2D eigenvalue weighted by molar-refractivity contribution is -0.232. The average molecular weight is 591 g/mol. The van der Waals surface area contributed by atoms with Gasteiger partial charge < -0.3 is 30.0 Å².